The molecule has 1 amide bonds. The van der Waals surface area contributed by atoms with Crippen LogP contribution >= 0.6 is 23.4 Å². The van der Waals surface area contributed by atoms with Crippen molar-refractivity contribution in [2.45, 2.75) is 36.5 Å². The highest BCUT2D eigenvalue weighted by Crippen LogP contribution is 2.33. The fourth-order valence-electron chi connectivity index (χ4n) is 2.18. The molecule has 140 valence electrons. The van der Waals surface area contributed by atoms with Crippen molar-refractivity contribution in [3.8, 4) is 0 Å². The number of anilines is 1. The first-order valence-corrected chi connectivity index (χ1v) is 9.08. The number of amides is 1. The van der Waals surface area contributed by atoms with Gasteiger partial charge in [-0.1, -0.05) is 25.4 Å². The highest BCUT2D eigenvalue weighted by Gasteiger charge is 2.18. The molecule has 0 aliphatic carbocycles. The second-order valence-corrected chi connectivity index (χ2v) is 7.48. The largest absolute Gasteiger partial charge is 0.392 e. The van der Waals surface area contributed by atoms with Crippen LogP contribution in [0, 0.1) is 17.5 Å². The van der Waals surface area contributed by atoms with E-state index in [0.717, 1.165) is 0 Å². The molecule has 0 spiro atoms. The van der Waals surface area contributed by atoms with E-state index in [1.807, 2.05) is 13.8 Å². The summed E-state index contributed by atoms with van der Waals surface area (Å²) in [7, 11) is 0. The molecule has 2 atom stereocenters. The average Bonchev–Trinajstić information content (AvgIpc) is 2.60. The van der Waals surface area contributed by atoms with Crippen molar-refractivity contribution >= 4 is 35.0 Å². The molecule has 2 aromatic rings. The smallest absolute Gasteiger partial charge is 0.255 e. The van der Waals surface area contributed by atoms with Gasteiger partial charge in [-0.15, -0.1) is 11.8 Å². The van der Waals surface area contributed by atoms with Gasteiger partial charge in [-0.25, -0.2) is 13.2 Å². The molecule has 0 fully saturated rings. The number of carbonyl (C=O) groups excluding carboxylic acids is 1. The second kappa shape index (κ2) is 8.79. The van der Waals surface area contributed by atoms with Crippen molar-refractivity contribution in [3.05, 3.63) is 58.4 Å². The van der Waals surface area contributed by atoms with E-state index < -0.39 is 29.5 Å². The maximum atomic E-state index is 13.3. The maximum absolute atomic E-state index is 13.3. The monoisotopic (exact) mass is 403 g/mol. The summed E-state index contributed by atoms with van der Waals surface area (Å²) in [5.41, 5.74) is 0.00514. The van der Waals surface area contributed by atoms with E-state index in [1.54, 1.807) is 0 Å². The Bertz CT molecular complexity index is 796. The minimum Gasteiger partial charge on any atom is -0.392 e. The van der Waals surface area contributed by atoms with Crippen molar-refractivity contribution in [1.29, 1.82) is 0 Å². The van der Waals surface area contributed by atoms with Gasteiger partial charge in [0.2, 0.25) is 0 Å². The van der Waals surface area contributed by atoms with Gasteiger partial charge >= 0.3 is 0 Å². The lowest BCUT2D eigenvalue weighted by Gasteiger charge is -2.17. The van der Waals surface area contributed by atoms with E-state index in [4.69, 9.17) is 11.6 Å². The lowest BCUT2D eigenvalue weighted by atomic mass is 10.2. The standard InChI is InChI=1S/C18H17ClF3NO2S/c1-3-15(24)9(2)26-16-6-10(4-5-12(16)19)18(25)23-11-7-13(20)17(22)14(21)8-11/h4-9,15,24H,3H2,1-2H3,(H,23,25). The third-order valence-electron chi connectivity index (χ3n) is 3.71. The van der Waals surface area contributed by atoms with Crippen LogP contribution in [-0.4, -0.2) is 22.4 Å². The summed E-state index contributed by atoms with van der Waals surface area (Å²) in [6.45, 7) is 3.69. The highest BCUT2D eigenvalue weighted by atomic mass is 35.5. The molecule has 2 unspecified atom stereocenters. The molecule has 26 heavy (non-hydrogen) atoms. The van der Waals surface area contributed by atoms with Gasteiger partial charge in [0.1, 0.15) is 0 Å². The van der Waals surface area contributed by atoms with Gasteiger partial charge in [0.25, 0.3) is 5.91 Å². The van der Waals surface area contributed by atoms with Crippen molar-refractivity contribution in [3.63, 3.8) is 0 Å². The highest BCUT2D eigenvalue weighted by molar-refractivity contribution is 8.00. The number of halogens is 4. The van der Waals surface area contributed by atoms with Crippen LogP contribution in [0.1, 0.15) is 30.6 Å². The number of carbonyl (C=O) groups is 1. The minimum atomic E-state index is -1.60. The molecule has 8 heteroatoms. The first-order chi connectivity index (χ1) is 12.2. The van der Waals surface area contributed by atoms with Gasteiger partial charge in [-0.3, -0.25) is 4.79 Å². The minimum absolute atomic E-state index is 0.142. The normalized spacial score (nSPS) is 13.3. The maximum Gasteiger partial charge on any atom is 0.255 e. The Hall–Kier alpha value is -1.70. The van der Waals surface area contributed by atoms with Gasteiger partial charge in [0, 0.05) is 33.5 Å². The number of aliphatic hydroxyl groups excluding tert-OH is 1. The molecular formula is C18H17ClF3NO2S. The summed E-state index contributed by atoms with van der Waals surface area (Å²) in [6, 6.07) is 5.90. The number of rotatable bonds is 6. The zero-order chi connectivity index (χ0) is 19.4. The molecule has 0 heterocycles. The van der Waals surface area contributed by atoms with Crippen LogP contribution in [0.4, 0.5) is 18.9 Å². The van der Waals surface area contributed by atoms with Crippen LogP contribution in [0.15, 0.2) is 35.2 Å². The predicted octanol–water partition coefficient (Wildman–Crippen LogP) is 5.26. The molecule has 0 bridgehead atoms. The molecule has 0 aromatic heterocycles. The Labute approximate surface area is 158 Å². The van der Waals surface area contributed by atoms with Gasteiger partial charge in [-0.05, 0) is 24.6 Å². The number of aliphatic hydroxyl groups is 1. The Kier molecular flexibility index (Phi) is 6.97. The van der Waals surface area contributed by atoms with Crippen LogP contribution < -0.4 is 5.32 Å². The number of benzene rings is 2. The van der Waals surface area contributed by atoms with E-state index in [1.165, 1.54) is 30.0 Å². The predicted molar refractivity (Wildman–Crippen MR) is 97.3 cm³/mol. The molecule has 0 radical (unpaired) electrons. The van der Waals surface area contributed by atoms with Gasteiger partial charge in [-0.2, -0.15) is 0 Å². The zero-order valence-electron chi connectivity index (χ0n) is 14.0. The zero-order valence-corrected chi connectivity index (χ0v) is 15.6. The van der Waals surface area contributed by atoms with Crippen molar-refractivity contribution in [1.82, 2.24) is 0 Å². The number of hydrogen-bond donors (Lipinski definition) is 2. The summed E-state index contributed by atoms with van der Waals surface area (Å²) in [4.78, 5) is 12.9. The summed E-state index contributed by atoms with van der Waals surface area (Å²) in [6.07, 6.45) is 0.0481. The topological polar surface area (TPSA) is 49.3 Å². The molecule has 0 aliphatic heterocycles. The van der Waals surface area contributed by atoms with Crippen LogP contribution in [0.25, 0.3) is 0 Å². The first-order valence-electron chi connectivity index (χ1n) is 7.83. The third kappa shape index (κ3) is 4.93. The van der Waals surface area contributed by atoms with E-state index in [0.29, 0.717) is 28.5 Å². The molecule has 2 rings (SSSR count). The van der Waals surface area contributed by atoms with Crippen LogP contribution in [0.5, 0.6) is 0 Å². The summed E-state index contributed by atoms with van der Waals surface area (Å²) < 4.78 is 39.5. The molecular weight excluding hydrogens is 387 g/mol. The summed E-state index contributed by atoms with van der Waals surface area (Å²) in [5, 5.41) is 12.5. The summed E-state index contributed by atoms with van der Waals surface area (Å²) in [5.74, 6) is -5.01. The molecule has 0 aliphatic rings. The Morgan fingerprint density at radius 1 is 1.23 bits per heavy atom. The molecule has 2 N–H and O–H groups in total. The second-order valence-electron chi connectivity index (χ2n) is 5.65. The van der Waals surface area contributed by atoms with E-state index in [-0.39, 0.29) is 16.5 Å². The number of thioether (sulfide) groups is 1. The lowest BCUT2D eigenvalue weighted by Crippen LogP contribution is -2.18. The lowest BCUT2D eigenvalue weighted by molar-refractivity contribution is 0.102. The molecule has 0 saturated carbocycles. The molecule has 3 nitrogen and oxygen atoms in total. The number of nitrogens with one attached hydrogen (secondary N) is 1. The Balaban J connectivity index is 2.20. The van der Waals surface area contributed by atoms with E-state index >= 15 is 0 Å². The summed E-state index contributed by atoms with van der Waals surface area (Å²) >= 11 is 7.45. The fraction of sp³-hybridized carbons (Fsp3) is 0.278. The third-order valence-corrected chi connectivity index (χ3v) is 5.43. The Morgan fingerprint density at radius 3 is 2.42 bits per heavy atom. The first kappa shape index (κ1) is 20.6. The van der Waals surface area contributed by atoms with Crippen molar-refractivity contribution < 1.29 is 23.1 Å². The van der Waals surface area contributed by atoms with Gasteiger partial charge in [0.15, 0.2) is 17.5 Å². The van der Waals surface area contributed by atoms with Gasteiger partial charge < -0.3 is 10.4 Å². The van der Waals surface area contributed by atoms with E-state index in [9.17, 15) is 23.1 Å². The quantitative estimate of drug-likeness (QED) is 0.511. The van der Waals surface area contributed by atoms with Crippen LogP contribution in [0.3, 0.4) is 0 Å². The van der Waals surface area contributed by atoms with Gasteiger partial charge in [0.05, 0.1) is 11.1 Å². The van der Waals surface area contributed by atoms with E-state index in [2.05, 4.69) is 5.32 Å². The Morgan fingerprint density at radius 2 is 1.85 bits per heavy atom. The fourth-order valence-corrected chi connectivity index (χ4v) is 3.55. The van der Waals surface area contributed by atoms with Crippen LogP contribution in [0.2, 0.25) is 5.02 Å². The molecule has 0 saturated heterocycles. The van der Waals surface area contributed by atoms with Crippen molar-refractivity contribution in [2.24, 2.45) is 0 Å². The number of hydrogen-bond acceptors (Lipinski definition) is 3. The van der Waals surface area contributed by atoms with Crippen molar-refractivity contribution in [2.75, 3.05) is 5.32 Å². The average molecular weight is 404 g/mol. The SMILES string of the molecule is CCC(O)C(C)Sc1cc(C(=O)Nc2cc(F)c(F)c(F)c2)ccc1Cl. The van der Waals surface area contributed by atoms with Crippen LogP contribution in [-0.2, 0) is 0 Å². The molecule has 2 aromatic carbocycles.